The summed E-state index contributed by atoms with van der Waals surface area (Å²) in [6.07, 6.45) is 5.38. The van der Waals surface area contributed by atoms with Crippen molar-refractivity contribution in [1.29, 1.82) is 0 Å². The van der Waals surface area contributed by atoms with E-state index < -0.39 is 0 Å². The largest absolute Gasteiger partial charge is 0.311 e. The van der Waals surface area contributed by atoms with E-state index in [4.69, 9.17) is 0 Å². The van der Waals surface area contributed by atoms with Gasteiger partial charge in [-0.2, -0.15) is 5.10 Å². The molecule has 0 spiro atoms. The van der Waals surface area contributed by atoms with Gasteiger partial charge in [0, 0.05) is 30.5 Å². The highest BCUT2D eigenvalue weighted by Gasteiger charge is 2.15. The van der Waals surface area contributed by atoms with Gasteiger partial charge in [-0.1, -0.05) is 12.1 Å². The molecule has 1 N–H and O–H groups in total. The Labute approximate surface area is 142 Å². The fourth-order valence-electron chi connectivity index (χ4n) is 3.15. The van der Waals surface area contributed by atoms with Gasteiger partial charge in [0.1, 0.15) is 5.82 Å². The van der Waals surface area contributed by atoms with Gasteiger partial charge >= 0.3 is 0 Å². The average molecular weight is 325 g/mol. The van der Waals surface area contributed by atoms with Crippen LogP contribution in [-0.2, 0) is 17.6 Å². The number of nitrogens with zero attached hydrogens (tertiary/aromatic N) is 2. The van der Waals surface area contributed by atoms with E-state index in [1.165, 1.54) is 17.5 Å². The van der Waals surface area contributed by atoms with Crippen LogP contribution >= 0.6 is 0 Å². The monoisotopic (exact) mass is 325 g/mol. The smallest absolute Gasteiger partial charge is 0.225 e. The summed E-state index contributed by atoms with van der Waals surface area (Å²) < 4.78 is 1.75. The molecule has 0 bridgehead atoms. The third-order valence-corrected chi connectivity index (χ3v) is 4.43. The Hall–Kier alpha value is -2.43. The minimum atomic E-state index is -0.160. The van der Waals surface area contributed by atoms with Gasteiger partial charge in [0.05, 0.1) is 6.20 Å². The van der Waals surface area contributed by atoms with Gasteiger partial charge in [-0.15, -0.1) is 0 Å². The second-order valence-corrected chi connectivity index (χ2v) is 6.56. The number of benzene rings is 1. The van der Waals surface area contributed by atoms with Crippen molar-refractivity contribution in [2.45, 2.75) is 52.0 Å². The Bertz CT molecular complexity index is 762. The molecule has 5 nitrogen and oxygen atoms in total. The minimum absolute atomic E-state index is 0.0252. The van der Waals surface area contributed by atoms with Crippen LogP contribution in [0.25, 0.3) is 0 Å². The van der Waals surface area contributed by atoms with Gasteiger partial charge in [0.2, 0.25) is 5.91 Å². The molecule has 0 saturated heterocycles. The molecule has 5 heteroatoms. The molecule has 2 aromatic rings. The van der Waals surface area contributed by atoms with E-state index in [0.29, 0.717) is 5.82 Å². The summed E-state index contributed by atoms with van der Waals surface area (Å²) in [5, 5.41) is 7.01. The first-order chi connectivity index (χ1) is 11.5. The number of hydrogen-bond donors (Lipinski definition) is 1. The Morgan fingerprint density at radius 2 is 1.96 bits per heavy atom. The Kier molecular flexibility index (Phi) is 4.79. The van der Waals surface area contributed by atoms with Gasteiger partial charge in [0.25, 0.3) is 0 Å². The maximum absolute atomic E-state index is 12.3. The van der Waals surface area contributed by atoms with Gasteiger partial charge in [-0.3, -0.25) is 9.59 Å². The van der Waals surface area contributed by atoms with Crippen molar-refractivity contribution in [3.63, 3.8) is 0 Å². The molecule has 0 aliphatic heterocycles. The Morgan fingerprint density at radius 1 is 1.17 bits per heavy atom. The van der Waals surface area contributed by atoms with Crippen LogP contribution in [0, 0.1) is 0 Å². The van der Waals surface area contributed by atoms with Gasteiger partial charge in [-0.25, -0.2) is 4.68 Å². The number of hydrogen-bond acceptors (Lipinski definition) is 3. The second-order valence-electron chi connectivity index (χ2n) is 6.56. The highest BCUT2D eigenvalue weighted by atomic mass is 16.2. The maximum atomic E-state index is 12.3. The predicted molar refractivity (Wildman–Crippen MR) is 93.3 cm³/mol. The first-order valence-corrected chi connectivity index (χ1v) is 8.53. The molecule has 126 valence electrons. The molecule has 0 fully saturated rings. The van der Waals surface area contributed by atoms with Gasteiger partial charge < -0.3 is 5.32 Å². The zero-order chi connectivity index (χ0) is 17.1. The third kappa shape index (κ3) is 3.55. The maximum Gasteiger partial charge on any atom is 0.225 e. The Morgan fingerprint density at radius 3 is 2.75 bits per heavy atom. The van der Waals surface area contributed by atoms with Crippen LogP contribution in [0.2, 0.25) is 0 Å². The van der Waals surface area contributed by atoms with E-state index in [2.05, 4.69) is 16.5 Å². The van der Waals surface area contributed by atoms with E-state index in [9.17, 15) is 9.59 Å². The molecular weight excluding hydrogens is 302 g/mol. The van der Waals surface area contributed by atoms with Crippen molar-refractivity contribution in [3.8, 4) is 0 Å². The number of aryl methyl sites for hydroxylation is 2. The molecule has 1 aromatic carbocycles. The summed E-state index contributed by atoms with van der Waals surface area (Å²) in [6.45, 7) is 4.00. The molecule has 0 atom stereocenters. The van der Waals surface area contributed by atoms with Crippen LogP contribution in [0.3, 0.4) is 0 Å². The lowest BCUT2D eigenvalue weighted by Crippen LogP contribution is -2.17. The molecule has 0 unspecified atom stereocenters. The van der Waals surface area contributed by atoms with E-state index in [1.54, 1.807) is 16.9 Å². The van der Waals surface area contributed by atoms with Crippen LogP contribution in [0.5, 0.6) is 0 Å². The van der Waals surface area contributed by atoms with Crippen LogP contribution in [0.4, 0.5) is 5.82 Å². The number of amides is 1. The predicted octanol–water partition coefficient (Wildman–Crippen LogP) is 3.55. The number of rotatable bonds is 6. The zero-order valence-electron chi connectivity index (χ0n) is 14.2. The number of anilines is 1. The van der Waals surface area contributed by atoms with Gasteiger partial charge in [-0.05, 0) is 50.3 Å². The number of carbonyl (C=O) groups is 2. The fraction of sp³-hybridized carbons (Fsp3) is 0.421. The lowest BCUT2D eigenvalue weighted by Gasteiger charge is -2.11. The van der Waals surface area contributed by atoms with Crippen LogP contribution in [0.15, 0.2) is 30.5 Å². The zero-order valence-corrected chi connectivity index (χ0v) is 14.2. The summed E-state index contributed by atoms with van der Waals surface area (Å²) in [4.78, 5) is 24.4. The van der Waals surface area contributed by atoms with Crippen molar-refractivity contribution >= 4 is 17.5 Å². The first-order valence-electron chi connectivity index (χ1n) is 8.53. The molecule has 1 aromatic heterocycles. The first kappa shape index (κ1) is 16.4. The minimum Gasteiger partial charge on any atom is -0.311 e. The molecule has 1 heterocycles. The molecule has 1 aliphatic rings. The Balaban J connectivity index is 1.56. The summed E-state index contributed by atoms with van der Waals surface area (Å²) in [7, 11) is 0. The third-order valence-electron chi connectivity index (χ3n) is 4.43. The molecule has 24 heavy (non-hydrogen) atoms. The van der Waals surface area contributed by atoms with Crippen molar-refractivity contribution in [3.05, 3.63) is 47.2 Å². The lowest BCUT2D eigenvalue weighted by atomic mass is 10.0. The quantitative estimate of drug-likeness (QED) is 0.826. The average Bonchev–Trinajstić information content (AvgIpc) is 3.20. The number of nitrogens with one attached hydrogen (secondary N) is 1. The second kappa shape index (κ2) is 6.99. The van der Waals surface area contributed by atoms with Crippen LogP contribution < -0.4 is 5.32 Å². The van der Waals surface area contributed by atoms with E-state index in [-0.39, 0.29) is 30.6 Å². The molecule has 3 rings (SSSR count). The molecule has 0 radical (unpaired) electrons. The van der Waals surface area contributed by atoms with Crippen molar-refractivity contribution in [2.75, 3.05) is 5.32 Å². The number of aromatic nitrogens is 2. The summed E-state index contributed by atoms with van der Waals surface area (Å²) >= 11 is 0. The van der Waals surface area contributed by atoms with E-state index in [1.807, 2.05) is 26.0 Å². The summed E-state index contributed by atoms with van der Waals surface area (Å²) in [5.41, 5.74) is 3.35. The van der Waals surface area contributed by atoms with Crippen molar-refractivity contribution in [2.24, 2.45) is 0 Å². The van der Waals surface area contributed by atoms with Crippen LogP contribution in [0.1, 0.15) is 60.6 Å². The number of ketones is 1. The molecule has 0 saturated carbocycles. The van der Waals surface area contributed by atoms with Gasteiger partial charge in [0.15, 0.2) is 5.78 Å². The topological polar surface area (TPSA) is 64.0 Å². The molecule has 1 amide bonds. The van der Waals surface area contributed by atoms with E-state index in [0.717, 1.165) is 18.4 Å². The highest BCUT2D eigenvalue weighted by molar-refractivity contribution is 6.00. The summed E-state index contributed by atoms with van der Waals surface area (Å²) in [6, 6.07) is 7.87. The lowest BCUT2D eigenvalue weighted by molar-refractivity contribution is -0.116. The molecule has 1 aliphatic carbocycles. The van der Waals surface area contributed by atoms with E-state index >= 15 is 0 Å². The highest BCUT2D eigenvalue weighted by Crippen LogP contribution is 2.23. The number of Topliss-reactive ketones (excluding diaryl/α,β-unsaturated/α-hetero) is 1. The SMILES string of the molecule is CC(C)n1nccc1NC(=O)CCC(=O)c1ccc2c(c1)CCC2. The fourth-order valence-corrected chi connectivity index (χ4v) is 3.15. The van der Waals surface area contributed by atoms with Crippen molar-refractivity contribution < 1.29 is 9.59 Å². The van der Waals surface area contributed by atoms with Crippen LogP contribution in [-0.4, -0.2) is 21.5 Å². The standard InChI is InChI=1S/C19H23N3O2/c1-13(2)22-18(10-11-20-22)21-19(24)9-8-17(23)16-7-6-14-4-3-5-15(14)12-16/h6-7,10-13H,3-5,8-9H2,1-2H3,(H,21,24). The summed E-state index contributed by atoms with van der Waals surface area (Å²) in [5.74, 6) is 0.532. The van der Waals surface area contributed by atoms with Crippen molar-refractivity contribution in [1.82, 2.24) is 9.78 Å². The number of carbonyl (C=O) groups excluding carboxylic acids is 2. The normalized spacial score (nSPS) is 13.1. The number of fused-ring (bicyclic) bond motifs is 1. The molecular formula is C19H23N3O2.